The van der Waals surface area contributed by atoms with E-state index in [1.807, 2.05) is 0 Å². The Hall–Kier alpha value is -2.60. The topological polar surface area (TPSA) is 76.0 Å². The van der Waals surface area contributed by atoms with Crippen molar-refractivity contribution in [3.63, 3.8) is 0 Å². The zero-order valence-electron chi connectivity index (χ0n) is 10.4. The summed E-state index contributed by atoms with van der Waals surface area (Å²) < 4.78 is 0. The number of rotatable bonds is 6. The van der Waals surface area contributed by atoms with E-state index in [0.29, 0.717) is 4.90 Å². The molecule has 0 heterocycles. The van der Waals surface area contributed by atoms with Gasteiger partial charge in [-0.05, 0) is 12.2 Å². The number of quaternary nitrogens is 1. The number of carbonyl (C=O) groups is 4. The molecule has 0 bridgehead atoms. The van der Waals surface area contributed by atoms with E-state index in [0.717, 1.165) is 24.3 Å². The molecule has 0 unspecified atom stereocenters. The van der Waals surface area contributed by atoms with Gasteiger partial charge in [-0.3, -0.25) is 9.59 Å². The number of imide groups is 2. The first-order chi connectivity index (χ1) is 8.92. The maximum atomic E-state index is 11.5. The van der Waals surface area contributed by atoms with Gasteiger partial charge in [-0.2, -0.15) is 4.90 Å². The van der Waals surface area contributed by atoms with Crippen molar-refractivity contribution < 1.29 is 24.1 Å². The van der Waals surface area contributed by atoms with Crippen LogP contribution in [0, 0.1) is 0 Å². The molecule has 6 heteroatoms. The van der Waals surface area contributed by atoms with E-state index in [4.69, 9.17) is 0 Å². The van der Waals surface area contributed by atoms with Crippen LogP contribution in [-0.2, 0) is 19.2 Å². The molecule has 6 nitrogen and oxygen atoms in total. The normalized spacial score (nSPS) is 9.32. The summed E-state index contributed by atoms with van der Waals surface area (Å²) in [6.07, 6.45) is 3.64. The van der Waals surface area contributed by atoms with Gasteiger partial charge < -0.3 is 0 Å². The first-order valence-corrected chi connectivity index (χ1v) is 5.22. The molecular formula is C13H15N2O4+. The standard InChI is InChI=1S/C13H14N2O4/c1-5-10(16)14(11(17)6-2)9-15(12(18)7-3)13(19)8-4/h5-8H,1-4,9H2/p+1. The van der Waals surface area contributed by atoms with Gasteiger partial charge in [0.1, 0.15) is 0 Å². The smallest absolute Gasteiger partial charge is 0.269 e. The Kier molecular flexibility index (Phi) is 6.62. The molecule has 0 saturated carbocycles. The molecule has 0 atom stereocenters. The molecular weight excluding hydrogens is 248 g/mol. The van der Waals surface area contributed by atoms with E-state index in [9.17, 15) is 19.2 Å². The summed E-state index contributed by atoms with van der Waals surface area (Å²) in [4.78, 5) is 46.5. The van der Waals surface area contributed by atoms with Crippen LogP contribution in [0.2, 0.25) is 0 Å². The average Bonchev–Trinajstić information content (AvgIpc) is 2.45. The van der Waals surface area contributed by atoms with Gasteiger partial charge in [0.2, 0.25) is 0 Å². The lowest BCUT2D eigenvalue weighted by molar-refractivity contribution is -0.742. The fourth-order valence-corrected chi connectivity index (χ4v) is 1.17. The fourth-order valence-electron chi connectivity index (χ4n) is 1.17. The summed E-state index contributed by atoms with van der Waals surface area (Å²) in [5, 5.41) is 0. The van der Waals surface area contributed by atoms with Crippen LogP contribution in [-0.4, -0.2) is 35.2 Å². The zero-order chi connectivity index (χ0) is 15.0. The highest BCUT2D eigenvalue weighted by atomic mass is 16.2. The van der Waals surface area contributed by atoms with E-state index in [1.54, 1.807) is 0 Å². The maximum absolute atomic E-state index is 11.5. The van der Waals surface area contributed by atoms with Crippen molar-refractivity contribution in [3.8, 4) is 0 Å². The van der Waals surface area contributed by atoms with Gasteiger partial charge in [0.15, 0.2) is 6.67 Å². The molecule has 4 amide bonds. The van der Waals surface area contributed by atoms with Crippen LogP contribution in [0.15, 0.2) is 50.6 Å². The predicted molar refractivity (Wildman–Crippen MR) is 68.5 cm³/mol. The lowest BCUT2D eigenvalue weighted by Gasteiger charge is -2.20. The van der Waals surface area contributed by atoms with Gasteiger partial charge in [0, 0.05) is 12.2 Å². The van der Waals surface area contributed by atoms with Crippen molar-refractivity contribution in [3.05, 3.63) is 50.6 Å². The van der Waals surface area contributed by atoms with Crippen LogP contribution in [0.1, 0.15) is 0 Å². The van der Waals surface area contributed by atoms with Crippen LogP contribution in [0.4, 0.5) is 0 Å². The third-order valence-electron chi connectivity index (χ3n) is 2.16. The molecule has 0 aromatic carbocycles. The Balaban J connectivity index is 5.35. The minimum atomic E-state index is -0.740. The van der Waals surface area contributed by atoms with E-state index in [-0.39, 0.29) is 4.90 Å². The van der Waals surface area contributed by atoms with Gasteiger partial charge in [-0.15, -0.1) is 0 Å². The minimum Gasteiger partial charge on any atom is -0.269 e. The number of carbonyl (C=O) groups excluding carboxylic acids is 4. The highest BCUT2D eigenvalue weighted by molar-refractivity contribution is 6.04. The SMILES string of the molecule is C=CC(=O)N(C[NH+](C(=O)C=C)C(=O)C=C)C(=O)C=C. The molecule has 0 aliphatic rings. The Morgan fingerprint density at radius 3 is 1.42 bits per heavy atom. The average molecular weight is 263 g/mol. The second kappa shape index (κ2) is 7.67. The molecule has 0 rings (SSSR count). The monoisotopic (exact) mass is 263 g/mol. The predicted octanol–water partition coefficient (Wildman–Crippen LogP) is -1.02. The lowest BCUT2D eigenvalue weighted by Crippen LogP contribution is -3.18. The Bertz CT molecular complexity index is 383. The minimum absolute atomic E-state index is 0.282. The third-order valence-corrected chi connectivity index (χ3v) is 2.16. The number of nitrogens with zero attached hydrogens (tertiary/aromatic N) is 1. The lowest BCUT2D eigenvalue weighted by atomic mass is 10.4. The molecule has 19 heavy (non-hydrogen) atoms. The van der Waals surface area contributed by atoms with Gasteiger partial charge in [-0.1, -0.05) is 26.3 Å². The molecule has 0 aromatic heterocycles. The van der Waals surface area contributed by atoms with Crippen molar-refractivity contribution in [2.75, 3.05) is 6.67 Å². The Morgan fingerprint density at radius 2 is 1.16 bits per heavy atom. The van der Waals surface area contributed by atoms with Crippen molar-refractivity contribution in [1.82, 2.24) is 4.90 Å². The van der Waals surface area contributed by atoms with Gasteiger partial charge >= 0.3 is 11.8 Å². The van der Waals surface area contributed by atoms with E-state index in [1.165, 1.54) is 0 Å². The summed E-state index contributed by atoms with van der Waals surface area (Å²) in [6.45, 7) is 12.5. The van der Waals surface area contributed by atoms with E-state index >= 15 is 0 Å². The molecule has 0 fully saturated rings. The first-order valence-electron chi connectivity index (χ1n) is 5.22. The number of amides is 4. The van der Waals surface area contributed by atoms with Crippen LogP contribution in [0.5, 0.6) is 0 Å². The van der Waals surface area contributed by atoms with Gasteiger partial charge in [-0.25, -0.2) is 14.5 Å². The second-order valence-electron chi connectivity index (χ2n) is 3.29. The van der Waals surface area contributed by atoms with Crippen molar-refractivity contribution >= 4 is 23.6 Å². The molecule has 0 aliphatic carbocycles. The first kappa shape index (κ1) is 16.4. The van der Waals surface area contributed by atoms with Crippen molar-refractivity contribution in [2.45, 2.75) is 0 Å². The maximum Gasteiger partial charge on any atom is 0.345 e. The summed E-state index contributed by atoms with van der Waals surface area (Å²) in [5.74, 6) is -2.83. The van der Waals surface area contributed by atoms with Gasteiger partial charge in [0.25, 0.3) is 11.8 Å². The molecule has 100 valence electrons. The van der Waals surface area contributed by atoms with Crippen LogP contribution in [0.25, 0.3) is 0 Å². The number of nitrogens with one attached hydrogen (secondary N) is 1. The van der Waals surface area contributed by atoms with Crippen molar-refractivity contribution in [1.29, 1.82) is 0 Å². The molecule has 0 spiro atoms. The third kappa shape index (κ3) is 4.29. The molecule has 1 N–H and O–H groups in total. The summed E-state index contributed by atoms with van der Waals surface area (Å²) in [5.41, 5.74) is 0. The van der Waals surface area contributed by atoms with Crippen LogP contribution < -0.4 is 4.90 Å². The quantitative estimate of drug-likeness (QED) is 0.491. The second-order valence-corrected chi connectivity index (χ2v) is 3.29. The zero-order valence-corrected chi connectivity index (χ0v) is 10.4. The largest absolute Gasteiger partial charge is 0.345 e. The summed E-state index contributed by atoms with van der Waals surface area (Å²) >= 11 is 0. The highest BCUT2D eigenvalue weighted by Crippen LogP contribution is 1.90. The van der Waals surface area contributed by atoms with Crippen LogP contribution in [0.3, 0.4) is 0 Å². The number of hydrogen-bond donors (Lipinski definition) is 1. The van der Waals surface area contributed by atoms with Gasteiger partial charge in [0.05, 0.1) is 0 Å². The highest BCUT2D eigenvalue weighted by Gasteiger charge is 2.30. The molecule has 0 radical (unpaired) electrons. The summed E-state index contributed by atoms with van der Waals surface area (Å²) in [7, 11) is 0. The number of hydrogen-bond acceptors (Lipinski definition) is 4. The Morgan fingerprint density at radius 1 is 0.789 bits per heavy atom. The molecule has 0 aliphatic heterocycles. The Labute approximate surface area is 111 Å². The molecule has 0 aromatic rings. The van der Waals surface area contributed by atoms with E-state index in [2.05, 4.69) is 26.3 Å². The van der Waals surface area contributed by atoms with E-state index < -0.39 is 30.3 Å². The summed E-state index contributed by atoms with van der Waals surface area (Å²) in [6, 6.07) is 0. The molecule has 0 saturated heterocycles. The van der Waals surface area contributed by atoms with Crippen LogP contribution >= 0.6 is 0 Å². The fraction of sp³-hybridized carbons (Fsp3) is 0.0769. The van der Waals surface area contributed by atoms with Crippen molar-refractivity contribution in [2.24, 2.45) is 0 Å².